The molecule has 170 valence electrons. The summed E-state index contributed by atoms with van der Waals surface area (Å²) in [6.45, 7) is 2.60. The molecule has 3 aromatic rings. The van der Waals surface area contributed by atoms with Crippen LogP contribution in [0.15, 0.2) is 52.4 Å². The molecule has 1 aliphatic carbocycles. The Kier molecular flexibility index (Phi) is 6.86. The van der Waals surface area contributed by atoms with Gasteiger partial charge in [-0.3, -0.25) is 4.79 Å². The van der Waals surface area contributed by atoms with Crippen LogP contribution in [0.2, 0.25) is 5.02 Å². The molecule has 1 heterocycles. The van der Waals surface area contributed by atoms with Gasteiger partial charge in [0.05, 0.1) is 20.1 Å². The number of hydrogen-bond donors (Lipinski definition) is 0. The Balaban J connectivity index is 1.61. The number of aryl methyl sites for hydroxylation is 1. The number of halogens is 1. The molecule has 0 radical (unpaired) electrons. The maximum absolute atomic E-state index is 13.0. The molecule has 32 heavy (non-hydrogen) atoms. The van der Waals surface area contributed by atoms with Crippen molar-refractivity contribution < 1.29 is 13.2 Å². The number of aromatic nitrogens is 1. The van der Waals surface area contributed by atoms with Gasteiger partial charge in [0.25, 0.3) is 5.91 Å². The topological polar surface area (TPSA) is 71.7 Å². The minimum Gasteiger partial charge on any atom is -0.315 e. The molecule has 1 fully saturated rings. The van der Waals surface area contributed by atoms with Gasteiger partial charge in [-0.1, -0.05) is 48.3 Å². The lowest BCUT2D eigenvalue weighted by Crippen LogP contribution is -2.38. The van der Waals surface area contributed by atoms with E-state index in [9.17, 15) is 13.2 Å². The van der Waals surface area contributed by atoms with E-state index in [1.165, 1.54) is 39.9 Å². The van der Waals surface area contributed by atoms with E-state index in [1.54, 1.807) is 7.05 Å². The number of sulfonamides is 1. The summed E-state index contributed by atoms with van der Waals surface area (Å²) in [5.41, 5.74) is 1.20. The van der Waals surface area contributed by atoms with Crippen molar-refractivity contribution in [3.63, 3.8) is 0 Å². The maximum atomic E-state index is 13.0. The van der Waals surface area contributed by atoms with Gasteiger partial charge < -0.3 is 4.57 Å². The average molecular weight is 492 g/mol. The van der Waals surface area contributed by atoms with Gasteiger partial charge in [-0.25, -0.2) is 8.42 Å². The van der Waals surface area contributed by atoms with E-state index < -0.39 is 15.9 Å². The van der Waals surface area contributed by atoms with Crippen LogP contribution in [0.4, 0.5) is 0 Å². The fourth-order valence-electron chi connectivity index (χ4n) is 4.19. The van der Waals surface area contributed by atoms with Gasteiger partial charge in [0, 0.05) is 25.2 Å². The van der Waals surface area contributed by atoms with Crippen LogP contribution < -0.4 is 4.80 Å². The zero-order valence-electron chi connectivity index (χ0n) is 18.1. The summed E-state index contributed by atoms with van der Waals surface area (Å²) in [5.74, 6) is -0.417. The van der Waals surface area contributed by atoms with Gasteiger partial charge in [0.1, 0.15) is 0 Å². The Labute approximate surface area is 197 Å². The summed E-state index contributed by atoms with van der Waals surface area (Å²) >= 11 is 7.75. The fourth-order valence-corrected chi connectivity index (χ4v) is 7.06. The van der Waals surface area contributed by atoms with Crippen molar-refractivity contribution in [2.24, 2.45) is 4.99 Å². The van der Waals surface area contributed by atoms with E-state index in [4.69, 9.17) is 11.6 Å². The summed E-state index contributed by atoms with van der Waals surface area (Å²) in [6.07, 6.45) is 5.05. The van der Waals surface area contributed by atoms with E-state index in [-0.39, 0.29) is 10.9 Å². The van der Waals surface area contributed by atoms with Crippen LogP contribution in [-0.2, 0) is 16.6 Å². The lowest BCUT2D eigenvalue weighted by molar-refractivity contribution is 0.0997. The second-order valence-electron chi connectivity index (χ2n) is 7.97. The molecule has 9 heteroatoms. The van der Waals surface area contributed by atoms with Crippen LogP contribution in [0.3, 0.4) is 0 Å². The number of fused-ring (bicyclic) bond motifs is 1. The first kappa shape index (κ1) is 23.2. The van der Waals surface area contributed by atoms with Crippen LogP contribution in [0, 0.1) is 0 Å². The number of nitrogens with zero attached hydrogens (tertiary/aromatic N) is 3. The number of amides is 1. The van der Waals surface area contributed by atoms with Gasteiger partial charge in [-0.2, -0.15) is 9.30 Å². The highest BCUT2D eigenvalue weighted by Gasteiger charge is 2.29. The number of hydrogen-bond acceptors (Lipinski definition) is 4. The van der Waals surface area contributed by atoms with E-state index in [0.29, 0.717) is 21.9 Å². The monoisotopic (exact) mass is 491 g/mol. The predicted octanol–water partition coefficient (Wildman–Crippen LogP) is 5.07. The third kappa shape index (κ3) is 4.41. The predicted molar refractivity (Wildman–Crippen MR) is 129 cm³/mol. The highest BCUT2D eigenvalue weighted by Crippen LogP contribution is 2.27. The van der Waals surface area contributed by atoms with Crippen LogP contribution in [0.25, 0.3) is 10.2 Å². The van der Waals surface area contributed by atoms with Gasteiger partial charge >= 0.3 is 0 Å². The van der Waals surface area contributed by atoms with Gasteiger partial charge in [0.2, 0.25) is 10.0 Å². The fraction of sp³-hybridized carbons (Fsp3) is 0.391. The third-order valence-electron chi connectivity index (χ3n) is 6.03. The Morgan fingerprint density at radius 3 is 2.50 bits per heavy atom. The standard InChI is InChI=1S/C23H26ClN3O3S2/c1-3-27-21-19(24)10-7-11-20(21)31-23(27)25-22(28)16-12-14-18(15-13-16)32(29,30)26(2)17-8-5-4-6-9-17/h7,10-15,17H,3-6,8-9H2,1-2H3. The molecular weight excluding hydrogens is 466 g/mol. The first-order valence-corrected chi connectivity index (χ1v) is 13.4. The van der Waals surface area contributed by atoms with Crippen LogP contribution in [0.1, 0.15) is 49.4 Å². The number of carbonyl (C=O) groups is 1. The van der Waals surface area contributed by atoms with E-state index in [2.05, 4.69) is 4.99 Å². The van der Waals surface area contributed by atoms with Gasteiger partial charge in [-0.05, 0) is 56.2 Å². The molecule has 1 aromatic heterocycles. The minimum absolute atomic E-state index is 0.0364. The second kappa shape index (κ2) is 9.47. The highest BCUT2D eigenvalue weighted by atomic mass is 35.5. The Morgan fingerprint density at radius 1 is 1.16 bits per heavy atom. The number of para-hydroxylation sites is 1. The largest absolute Gasteiger partial charge is 0.315 e. The van der Waals surface area contributed by atoms with Crippen molar-refractivity contribution in [3.05, 3.63) is 57.9 Å². The molecule has 0 aliphatic heterocycles. The summed E-state index contributed by atoms with van der Waals surface area (Å²) in [6, 6.07) is 11.7. The molecule has 0 atom stereocenters. The molecule has 2 aromatic carbocycles. The quantitative estimate of drug-likeness (QED) is 0.500. The SMILES string of the molecule is CCn1c(=NC(=O)c2ccc(S(=O)(=O)N(C)C3CCCCC3)cc2)sc2cccc(Cl)c21. The van der Waals surface area contributed by atoms with Crippen molar-refractivity contribution >= 4 is 49.1 Å². The normalized spacial score (nSPS) is 16.2. The number of thiazole rings is 1. The third-order valence-corrected chi connectivity index (χ3v) is 9.31. The van der Waals surface area contributed by atoms with Crippen LogP contribution in [-0.4, -0.2) is 36.3 Å². The smallest absolute Gasteiger partial charge is 0.279 e. The number of rotatable bonds is 5. The Bertz CT molecular complexity index is 1300. The summed E-state index contributed by atoms with van der Waals surface area (Å²) < 4.78 is 30.4. The maximum Gasteiger partial charge on any atom is 0.279 e. The molecule has 6 nitrogen and oxygen atoms in total. The average Bonchev–Trinajstić information content (AvgIpc) is 3.17. The molecule has 0 bridgehead atoms. The zero-order chi connectivity index (χ0) is 22.9. The Hall–Kier alpha value is -2.00. The van der Waals surface area contributed by atoms with Gasteiger partial charge in [0.15, 0.2) is 4.80 Å². The summed E-state index contributed by atoms with van der Waals surface area (Å²) in [5, 5.41) is 0.617. The second-order valence-corrected chi connectivity index (χ2v) is 11.4. The number of benzene rings is 2. The van der Waals surface area contributed by atoms with Crippen molar-refractivity contribution in [1.29, 1.82) is 0 Å². The highest BCUT2D eigenvalue weighted by molar-refractivity contribution is 7.89. The molecule has 0 saturated heterocycles. The molecular formula is C23H26ClN3O3S2. The van der Waals surface area contributed by atoms with Gasteiger partial charge in [-0.15, -0.1) is 0 Å². The molecule has 0 N–H and O–H groups in total. The molecule has 0 unspecified atom stereocenters. The minimum atomic E-state index is -3.60. The summed E-state index contributed by atoms with van der Waals surface area (Å²) in [4.78, 5) is 17.9. The van der Waals surface area contributed by atoms with Crippen LogP contribution in [0.5, 0.6) is 0 Å². The molecule has 1 saturated carbocycles. The Morgan fingerprint density at radius 2 is 1.84 bits per heavy atom. The lowest BCUT2D eigenvalue weighted by Gasteiger charge is -2.30. The van der Waals surface area contributed by atoms with Crippen molar-refractivity contribution in [3.8, 4) is 0 Å². The van der Waals surface area contributed by atoms with Crippen molar-refractivity contribution in [2.75, 3.05) is 7.05 Å². The summed E-state index contributed by atoms with van der Waals surface area (Å²) in [7, 11) is -1.95. The first-order valence-electron chi connectivity index (χ1n) is 10.8. The van der Waals surface area contributed by atoms with Crippen LogP contribution >= 0.6 is 22.9 Å². The van der Waals surface area contributed by atoms with E-state index in [0.717, 1.165) is 42.3 Å². The molecule has 4 rings (SSSR count). The molecule has 1 aliphatic rings. The van der Waals surface area contributed by atoms with E-state index >= 15 is 0 Å². The number of carbonyl (C=O) groups excluding carboxylic acids is 1. The lowest BCUT2D eigenvalue weighted by atomic mass is 9.96. The van der Waals surface area contributed by atoms with Crippen molar-refractivity contribution in [2.45, 2.75) is 56.5 Å². The van der Waals surface area contributed by atoms with Crippen molar-refractivity contribution in [1.82, 2.24) is 8.87 Å². The molecule has 1 amide bonds. The van der Waals surface area contributed by atoms with E-state index in [1.807, 2.05) is 29.7 Å². The molecule has 0 spiro atoms. The first-order chi connectivity index (χ1) is 15.3. The zero-order valence-corrected chi connectivity index (χ0v) is 20.5.